The van der Waals surface area contributed by atoms with Crippen molar-refractivity contribution < 1.29 is 14.2 Å². The van der Waals surface area contributed by atoms with Crippen molar-refractivity contribution >= 4 is 0 Å². The first-order valence-corrected chi connectivity index (χ1v) is 11.6. The van der Waals surface area contributed by atoms with Crippen LogP contribution in [0.2, 0.25) is 0 Å². The molecule has 2 aliphatic heterocycles. The van der Waals surface area contributed by atoms with Gasteiger partial charge in [-0.2, -0.15) is 0 Å². The van der Waals surface area contributed by atoms with Crippen LogP contribution in [-0.4, -0.2) is 37.1 Å². The standard InChI is InChI=1S/C26H33NO4/c1-17-23(31-15-20-14-29-10-11-30-20)13-24(28)27-16-26(2,3)22-12-19(7-6-18-4-5-18)8-9-21(22)25(17)27/h8-9,12-13,18,20H,4-7,10-11,14-16H2,1-3H3. The van der Waals surface area contributed by atoms with Gasteiger partial charge >= 0.3 is 0 Å². The normalized spacial score (nSPS) is 22.0. The van der Waals surface area contributed by atoms with Crippen molar-refractivity contribution in [1.82, 2.24) is 4.57 Å². The smallest absolute Gasteiger partial charge is 0.254 e. The molecule has 1 aromatic carbocycles. The summed E-state index contributed by atoms with van der Waals surface area (Å²) >= 11 is 0. The summed E-state index contributed by atoms with van der Waals surface area (Å²) in [6, 6.07) is 8.48. The van der Waals surface area contributed by atoms with E-state index in [1.165, 1.54) is 30.4 Å². The van der Waals surface area contributed by atoms with Gasteiger partial charge in [0.25, 0.3) is 5.56 Å². The van der Waals surface area contributed by atoms with Crippen LogP contribution in [0.4, 0.5) is 0 Å². The average molecular weight is 424 g/mol. The van der Waals surface area contributed by atoms with Gasteiger partial charge in [0.2, 0.25) is 0 Å². The van der Waals surface area contributed by atoms with E-state index in [2.05, 4.69) is 39.0 Å². The minimum absolute atomic E-state index is 0.00653. The predicted octanol–water partition coefficient (Wildman–Crippen LogP) is 4.25. The van der Waals surface area contributed by atoms with Crippen molar-refractivity contribution in [3.05, 3.63) is 51.3 Å². The zero-order chi connectivity index (χ0) is 21.6. The maximum atomic E-state index is 13.1. The molecule has 0 bridgehead atoms. The molecular formula is C26H33NO4. The van der Waals surface area contributed by atoms with Crippen molar-refractivity contribution in [3.63, 3.8) is 0 Å². The number of hydrogen-bond donors (Lipinski definition) is 0. The summed E-state index contributed by atoms with van der Waals surface area (Å²) in [5.74, 6) is 1.58. The molecule has 3 aliphatic rings. The van der Waals surface area contributed by atoms with Crippen molar-refractivity contribution in [1.29, 1.82) is 0 Å². The zero-order valence-corrected chi connectivity index (χ0v) is 18.9. The molecule has 5 heteroatoms. The van der Waals surface area contributed by atoms with Gasteiger partial charge in [-0.25, -0.2) is 0 Å². The van der Waals surface area contributed by atoms with E-state index in [1.807, 2.05) is 4.57 Å². The Morgan fingerprint density at radius 3 is 2.77 bits per heavy atom. The van der Waals surface area contributed by atoms with Gasteiger partial charge in [0.15, 0.2) is 0 Å². The number of benzene rings is 1. The third kappa shape index (κ3) is 4.18. The number of ether oxygens (including phenoxy) is 3. The third-order valence-corrected chi connectivity index (χ3v) is 6.98. The Hall–Kier alpha value is -2.11. The monoisotopic (exact) mass is 423 g/mol. The lowest BCUT2D eigenvalue weighted by Gasteiger charge is -2.36. The van der Waals surface area contributed by atoms with Crippen LogP contribution in [0.15, 0.2) is 29.1 Å². The molecule has 31 heavy (non-hydrogen) atoms. The number of aromatic nitrogens is 1. The van der Waals surface area contributed by atoms with Gasteiger partial charge in [0.05, 0.1) is 25.5 Å². The van der Waals surface area contributed by atoms with E-state index in [9.17, 15) is 4.79 Å². The van der Waals surface area contributed by atoms with Crippen LogP contribution >= 0.6 is 0 Å². The second-order valence-corrected chi connectivity index (χ2v) is 10.0. The van der Waals surface area contributed by atoms with E-state index < -0.39 is 0 Å². The van der Waals surface area contributed by atoms with Gasteiger partial charge in [0, 0.05) is 29.2 Å². The van der Waals surface area contributed by atoms with Crippen LogP contribution in [0.25, 0.3) is 11.3 Å². The molecule has 2 fully saturated rings. The Morgan fingerprint density at radius 1 is 1.19 bits per heavy atom. The fourth-order valence-corrected chi connectivity index (χ4v) is 4.97. The van der Waals surface area contributed by atoms with Crippen LogP contribution < -0.4 is 10.3 Å². The van der Waals surface area contributed by atoms with Crippen molar-refractivity contribution in [2.45, 2.75) is 64.5 Å². The van der Waals surface area contributed by atoms with E-state index >= 15 is 0 Å². The minimum atomic E-state index is -0.0934. The Kier molecular flexibility index (Phi) is 5.43. The molecule has 2 aromatic rings. The van der Waals surface area contributed by atoms with Gasteiger partial charge in [-0.05, 0) is 36.8 Å². The SMILES string of the molecule is Cc1c(OCC2COCCO2)cc(=O)n2c1-c1ccc(CCC3CC3)cc1C(C)(C)C2. The lowest BCUT2D eigenvalue weighted by Crippen LogP contribution is -2.37. The van der Waals surface area contributed by atoms with Crippen molar-refractivity contribution in [2.24, 2.45) is 5.92 Å². The molecule has 1 aromatic heterocycles. The molecule has 5 rings (SSSR count). The van der Waals surface area contributed by atoms with Crippen LogP contribution in [-0.2, 0) is 27.9 Å². The van der Waals surface area contributed by atoms with E-state index in [1.54, 1.807) is 6.07 Å². The highest BCUT2D eigenvalue weighted by atomic mass is 16.6. The Balaban J connectivity index is 1.48. The summed E-state index contributed by atoms with van der Waals surface area (Å²) in [6.07, 6.45) is 5.14. The predicted molar refractivity (Wildman–Crippen MR) is 121 cm³/mol. The maximum absolute atomic E-state index is 13.1. The fourth-order valence-electron chi connectivity index (χ4n) is 4.97. The quantitative estimate of drug-likeness (QED) is 0.697. The maximum Gasteiger partial charge on any atom is 0.254 e. The van der Waals surface area contributed by atoms with Gasteiger partial charge in [0.1, 0.15) is 18.5 Å². The van der Waals surface area contributed by atoms with Crippen LogP contribution in [0.1, 0.15) is 49.8 Å². The highest BCUT2D eigenvalue weighted by Crippen LogP contribution is 2.43. The van der Waals surface area contributed by atoms with Crippen LogP contribution in [0.3, 0.4) is 0 Å². The molecule has 5 nitrogen and oxygen atoms in total. The van der Waals surface area contributed by atoms with Gasteiger partial charge in [-0.1, -0.05) is 44.9 Å². The zero-order valence-electron chi connectivity index (χ0n) is 18.9. The number of nitrogens with zero attached hydrogens (tertiary/aromatic N) is 1. The summed E-state index contributed by atoms with van der Waals surface area (Å²) < 4.78 is 19.1. The van der Waals surface area contributed by atoms with E-state index in [0.717, 1.165) is 29.2 Å². The molecule has 166 valence electrons. The third-order valence-electron chi connectivity index (χ3n) is 6.98. The summed E-state index contributed by atoms with van der Waals surface area (Å²) in [7, 11) is 0. The van der Waals surface area contributed by atoms with E-state index in [0.29, 0.717) is 38.7 Å². The van der Waals surface area contributed by atoms with Gasteiger partial charge in [-0.3, -0.25) is 4.79 Å². The second kappa shape index (κ2) is 8.10. The molecule has 1 unspecified atom stereocenters. The first-order valence-electron chi connectivity index (χ1n) is 11.6. The minimum Gasteiger partial charge on any atom is -0.490 e. The summed E-state index contributed by atoms with van der Waals surface area (Å²) in [5.41, 5.74) is 5.81. The molecular weight excluding hydrogens is 390 g/mol. The molecule has 0 spiro atoms. The molecule has 1 saturated carbocycles. The van der Waals surface area contributed by atoms with E-state index in [-0.39, 0.29) is 17.1 Å². The molecule has 3 heterocycles. The van der Waals surface area contributed by atoms with Crippen LogP contribution in [0, 0.1) is 12.8 Å². The number of fused-ring (bicyclic) bond motifs is 3. The lowest BCUT2D eigenvalue weighted by molar-refractivity contribution is -0.101. The second-order valence-electron chi connectivity index (χ2n) is 10.0. The van der Waals surface area contributed by atoms with Gasteiger partial charge < -0.3 is 18.8 Å². The first-order chi connectivity index (χ1) is 14.9. The molecule has 0 amide bonds. The van der Waals surface area contributed by atoms with E-state index in [4.69, 9.17) is 14.2 Å². The number of hydrogen-bond acceptors (Lipinski definition) is 4. The van der Waals surface area contributed by atoms with Crippen LogP contribution in [0.5, 0.6) is 5.75 Å². The van der Waals surface area contributed by atoms with Crippen molar-refractivity contribution in [2.75, 3.05) is 26.4 Å². The summed E-state index contributed by atoms with van der Waals surface area (Å²) in [6.45, 7) is 9.36. The fraction of sp³-hybridized carbons (Fsp3) is 0.577. The molecule has 1 atom stereocenters. The first kappa shape index (κ1) is 20.8. The number of aryl methyl sites for hydroxylation is 1. The summed E-state index contributed by atoms with van der Waals surface area (Å²) in [4.78, 5) is 13.1. The highest BCUT2D eigenvalue weighted by Gasteiger charge is 2.34. The molecule has 1 aliphatic carbocycles. The molecule has 0 N–H and O–H groups in total. The Labute approximate surface area is 184 Å². The topological polar surface area (TPSA) is 49.7 Å². The Bertz CT molecular complexity index is 1030. The molecule has 0 radical (unpaired) electrons. The van der Waals surface area contributed by atoms with Gasteiger partial charge in [-0.15, -0.1) is 0 Å². The largest absolute Gasteiger partial charge is 0.490 e. The highest BCUT2D eigenvalue weighted by molar-refractivity contribution is 5.73. The lowest BCUT2D eigenvalue weighted by atomic mass is 9.76. The summed E-state index contributed by atoms with van der Waals surface area (Å²) in [5, 5.41) is 0. The molecule has 1 saturated heterocycles. The number of pyridine rings is 1. The van der Waals surface area contributed by atoms with Crippen molar-refractivity contribution in [3.8, 4) is 17.0 Å². The number of rotatable bonds is 6. The Morgan fingerprint density at radius 2 is 2.03 bits per heavy atom. The average Bonchev–Trinajstić information content (AvgIpc) is 3.59.